The van der Waals surface area contributed by atoms with E-state index in [1.807, 2.05) is 0 Å². The highest BCUT2D eigenvalue weighted by Crippen LogP contribution is 2.24. The van der Waals surface area contributed by atoms with E-state index in [0.717, 1.165) is 13.0 Å². The highest BCUT2D eigenvalue weighted by molar-refractivity contribution is 5.88. The molecule has 92 valence electrons. The number of carbonyl (C=O) groups is 1. The van der Waals surface area contributed by atoms with Crippen LogP contribution in [0.25, 0.3) is 0 Å². The molecule has 2 heterocycles. The van der Waals surface area contributed by atoms with E-state index >= 15 is 0 Å². The van der Waals surface area contributed by atoms with Gasteiger partial charge in [0.2, 0.25) is 0 Å². The van der Waals surface area contributed by atoms with Gasteiger partial charge in [0.25, 0.3) is 0 Å². The average molecular weight is 235 g/mol. The van der Waals surface area contributed by atoms with Crippen LogP contribution in [0.1, 0.15) is 36.3 Å². The van der Waals surface area contributed by atoms with Crippen molar-refractivity contribution in [1.29, 1.82) is 0 Å². The first-order chi connectivity index (χ1) is 8.08. The summed E-state index contributed by atoms with van der Waals surface area (Å²) in [4.78, 5) is 21.2. The van der Waals surface area contributed by atoms with E-state index in [1.165, 1.54) is 12.5 Å². The standard InChI is InChI=1S/C12H17N3O2/c1-8-3-9(2)15(5-8)6-11-10(12(16)17)4-13-7-14-11/h4,7-9H,3,5-6H2,1-2H3,(H,16,17). The zero-order chi connectivity index (χ0) is 12.4. The molecule has 1 fully saturated rings. The van der Waals surface area contributed by atoms with E-state index < -0.39 is 5.97 Å². The highest BCUT2D eigenvalue weighted by Gasteiger charge is 2.27. The number of hydrogen-bond donors (Lipinski definition) is 1. The molecule has 1 saturated heterocycles. The molecular weight excluding hydrogens is 218 g/mol. The van der Waals surface area contributed by atoms with Crippen LogP contribution >= 0.6 is 0 Å². The normalized spacial score (nSPS) is 25.1. The van der Waals surface area contributed by atoms with Crippen LogP contribution in [0.15, 0.2) is 12.5 Å². The lowest BCUT2D eigenvalue weighted by Crippen LogP contribution is -2.28. The smallest absolute Gasteiger partial charge is 0.339 e. The molecule has 0 amide bonds. The van der Waals surface area contributed by atoms with Crippen molar-refractivity contribution in [1.82, 2.24) is 14.9 Å². The lowest BCUT2D eigenvalue weighted by molar-refractivity contribution is 0.0693. The van der Waals surface area contributed by atoms with Crippen LogP contribution in [0.4, 0.5) is 0 Å². The maximum Gasteiger partial charge on any atom is 0.339 e. The molecule has 0 aromatic carbocycles. The molecule has 2 atom stereocenters. The second-order valence-electron chi connectivity index (χ2n) is 4.81. The summed E-state index contributed by atoms with van der Waals surface area (Å²) in [5, 5.41) is 9.06. The summed E-state index contributed by atoms with van der Waals surface area (Å²) in [7, 11) is 0. The fraction of sp³-hybridized carbons (Fsp3) is 0.583. The topological polar surface area (TPSA) is 66.3 Å². The van der Waals surface area contributed by atoms with Gasteiger partial charge < -0.3 is 5.11 Å². The molecule has 0 radical (unpaired) electrons. The van der Waals surface area contributed by atoms with Gasteiger partial charge >= 0.3 is 5.97 Å². The molecule has 17 heavy (non-hydrogen) atoms. The lowest BCUT2D eigenvalue weighted by Gasteiger charge is -2.20. The Morgan fingerprint density at radius 2 is 2.35 bits per heavy atom. The van der Waals surface area contributed by atoms with Crippen LogP contribution in [0.3, 0.4) is 0 Å². The SMILES string of the molecule is CC1CC(C)N(Cc2ncncc2C(=O)O)C1. The zero-order valence-corrected chi connectivity index (χ0v) is 10.1. The summed E-state index contributed by atoms with van der Waals surface area (Å²) in [5.74, 6) is -0.291. The molecule has 0 bridgehead atoms. The van der Waals surface area contributed by atoms with Gasteiger partial charge in [-0.2, -0.15) is 0 Å². The Kier molecular flexibility index (Phi) is 3.38. The second kappa shape index (κ2) is 4.79. The van der Waals surface area contributed by atoms with Crippen LogP contribution in [0.2, 0.25) is 0 Å². The van der Waals surface area contributed by atoms with Crippen molar-refractivity contribution >= 4 is 5.97 Å². The molecule has 1 N–H and O–H groups in total. The number of carboxylic acids is 1. The molecule has 1 aromatic heterocycles. The van der Waals surface area contributed by atoms with Crippen LogP contribution in [-0.2, 0) is 6.54 Å². The van der Waals surface area contributed by atoms with Gasteiger partial charge in [-0.15, -0.1) is 0 Å². The predicted molar refractivity (Wildman–Crippen MR) is 62.6 cm³/mol. The molecule has 2 rings (SSSR count). The Hall–Kier alpha value is -1.49. The maximum absolute atomic E-state index is 11.0. The van der Waals surface area contributed by atoms with E-state index in [-0.39, 0.29) is 5.56 Å². The summed E-state index contributed by atoms with van der Waals surface area (Å²) >= 11 is 0. The van der Waals surface area contributed by atoms with E-state index in [2.05, 4.69) is 28.7 Å². The first-order valence-electron chi connectivity index (χ1n) is 5.84. The fourth-order valence-corrected chi connectivity index (χ4v) is 2.46. The molecule has 5 nitrogen and oxygen atoms in total. The van der Waals surface area contributed by atoms with Gasteiger partial charge in [0.15, 0.2) is 0 Å². The summed E-state index contributed by atoms with van der Waals surface area (Å²) < 4.78 is 0. The van der Waals surface area contributed by atoms with Gasteiger partial charge in [-0.3, -0.25) is 4.90 Å². The summed E-state index contributed by atoms with van der Waals surface area (Å²) in [6.45, 7) is 5.99. The Morgan fingerprint density at radius 1 is 1.59 bits per heavy atom. The number of rotatable bonds is 3. The summed E-state index contributed by atoms with van der Waals surface area (Å²) in [6.07, 6.45) is 3.94. The molecule has 1 aromatic rings. The molecular formula is C12H17N3O2. The minimum Gasteiger partial charge on any atom is -0.478 e. The zero-order valence-electron chi connectivity index (χ0n) is 10.1. The van der Waals surface area contributed by atoms with E-state index in [0.29, 0.717) is 24.2 Å². The third-order valence-electron chi connectivity index (χ3n) is 3.29. The third-order valence-corrected chi connectivity index (χ3v) is 3.29. The fourth-order valence-electron chi connectivity index (χ4n) is 2.46. The van der Waals surface area contributed by atoms with E-state index in [4.69, 9.17) is 5.11 Å². The number of hydrogen-bond acceptors (Lipinski definition) is 4. The van der Waals surface area contributed by atoms with Crippen LogP contribution < -0.4 is 0 Å². The molecule has 0 saturated carbocycles. The van der Waals surface area contributed by atoms with Crippen LogP contribution in [0, 0.1) is 5.92 Å². The van der Waals surface area contributed by atoms with Gasteiger partial charge in [0.05, 0.1) is 5.69 Å². The largest absolute Gasteiger partial charge is 0.478 e. The van der Waals surface area contributed by atoms with Crippen molar-refractivity contribution < 1.29 is 9.90 Å². The van der Waals surface area contributed by atoms with Crippen molar-refractivity contribution in [3.05, 3.63) is 23.8 Å². The van der Waals surface area contributed by atoms with Crippen molar-refractivity contribution in [3.63, 3.8) is 0 Å². The minimum atomic E-state index is -0.958. The second-order valence-corrected chi connectivity index (χ2v) is 4.81. The summed E-state index contributed by atoms with van der Waals surface area (Å²) in [5.41, 5.74) is 0.813. The number of carboxylic acid groups (broad SMARTS) is 1. The van der Waals surface area contributed by atoms with Gasteiger partial charge in [0, 0.05) is 25.3 Å². The van der Waals surface area contributed by atoms with E-state index in [1.54, 1.807) is 0 Å². The monoisotopic (exact) mass is 235 g/mol. The summed E-state index contributed by atoms with van der Waals surface area (Å²) in [6, 6.07) is 0.488. The molecule has 0 spiro atoms. The molecule has 0 aliphatic carbocycles. The third kappa shape index (κ3) is 2.61. The quantitative estimate of drug-likeness (QED) is 0.858. The first-order valence-corrected chi connectivity index (χ1v) is 5.84. The molecule has 1 aliphatic heterocycles. The highest BCUT2D eigenvalue weighted by atomic mass is 16.4. The average Bonchev–Trinajstić information content (AvgIpc) is 2.58. The molecule has 2 unspecified atom stereocenters. The minimum absolute atomic E-state index is 0.208. The van der Waals surface area contributed by atoms with Crippen molar-refractivity contribution in [2.45, 2.75) is 32.9 Å². The number of aromatic nitrogens is 2. The van der Waals surface area contributed by atoms with Crippen molar-refractivity contribution in [3.8, 4) is 0 Å². The van der Waals surface area contributed by atoms with Crippen molar-refractivity contribution in [2.75, 3.05) is 6.54 Å². The predicted octanol–water partition coefficient (Wildman–Crippen LogP) is 1.41. The van der Waals surface area contributed by atoms with E-state index in [9.17, 15) is 4.79 Å². The lowest BCUT2D eigenvalue weighted by atomic mass is 10.1. The van der Waals surface area contributed by atoms with Crippen molar-refractivity contribution in [2.24, 2.45) is 5.92 Å². The Bertz CT molecular complexity index is 422. The Labute approximate surface area is 100 Å². The number of aromatic carboxylic acids is 1. The Balaban J connectivity index is 2.16. The maximum atomic E-state index is 11.0. The van der Waals surface area contributed by atoms with Gasteiger partial charge in [0.1, 0.15) is 11.9 Å². The van der Waals surface area contributed by atoms with Gasteiger partial charge in [-0.1, -0.05) is 6.92 Å². The van der Waals surface area contributed by atoms with Crippen LogP contribution in [-0.4, -0.2) is 38.5 Å². The van der Waals surface area contributed by atoms with Crippen LogP contribution in [0.5, 0.6) is 0 Å². The first kappa shape index (κ1) is 12.0. The number of nitrogens with zero attached hydrogens (tertiary/aromatic N) is 3. The van der Waals surface area contributed by atoms with Gasteiger partial charge in [-0.05, 0) is 19.3 Å². The Morgan fingerprint density at radius 3 is 2.94 bits per heavy atom. The molecule has 5 heteroatoms. The molecule has 1 aliphatic rings. The van der Waals surface area contributed by atoms with Gasteiger partial charge in [-0.25, -0.2) is 14.8 Å². The number of likely N-dealkylation sites (tertiary alicyclic amines) is 1.